The molecule has 32 heavy (non-hydrogen) atoms. The highest BCUT2D eigenvalue weighted by atomic mass is 16.2. The molecule has 0 saturated heterocycles. The highest BCUT2D eigenvalue weighted by Crippen LogP contribution is 2.45. The normalized spacial score (nSPS) is 16.6. The summed E-state index contributed by atoms with van der Waals surface area (Å²) in [5.74, 6) is 0.170. The number of hydrogen-bond donors (Lipinski definition) is 1. The molecule has 0 unspecified atom stereocenters. The molecule has 162 valence electrons. The molecule has 1 aromatic heterocycles. The van der Waals surface area contributed by atoms with Gasteiger partial charge < -0.3 is 10.2 Å². The molecule has 0 radical (unpaired) electrons. The van der Waals surface area contributed by atoms with Gasteiger partial charge in [0.05, 0.1) is 11.3 Å². The molecule has 9 heteroatoms. The zero-order valence-corrected chi connectivity index (χ0v) is 17.6. The second-order valence-electron chi connectivity index (χ2n) is 7.84. The van der Waals surface area contributed by atoms with Crippen molar-refractivity contribution in [3.05, 3.63) is 77.4 Å². The van der Waals surface area contributed by atoms with Gasteiger partial charge in [0.1, 0.15) is 12.5 Å². The highest BCUT2D eigenvalue weighted by Gasteiger charge is 2.47. The van der Waals surface area contributed by atoms with Crippen molar-refractivity contribution in [3.8, 4) is 0 Å². The molecule has 0 aliphatic carbocycles. The van der Waals surface area contributed by atoms with Gasteiger partial charge in [-0.15, -0.1) is 0 Å². The van der Waals surface area contributed by atoms with Crippen LogP contribution in [-0.2, 0) is 18.3 Å². The van der Waals surface area contributed by atoms with Crippen molar-refractivity contribution in [2.45, 2.75) is 19.0 Å². The van der Waals surface area contributed by atoms with Crippen molar-refractivity contribution in [1.82, 2.24) is 25.0 Å². The number of amides is 3. The summed E-state index contributed by atoms with van der Waals surface area (Å²) < 4.78 is 1.61. The second kappa shape index (κ2) is 7.92. The van der Waals surface area contributed by atoms with Gasteiger partial charge in [0, 0.05) is 44.1 Å². The van der Waals surface area contributed by atoms with Gasteiger partial charge in [-0.25, -0.2) is 4.98 Å². The van der Waals surface area contributed by atoms with Gasteiger partial charge in [0.2, 0.25) is 5.91 Å². The fraction of sp³-hybridized carbons (Fsp3) is 0.261. The molecular weight excluding hydrogens is 408 g/mol. The number of para-hydroxylation sites is 1. The number of nitrogens with zero attached hydrogens (tertiary/aromatic N) is 5. The molecule has 1 atom stereocenters. The minimum Gasteiger partial charge on any atom is -0.356 e. The quantitative estimate of drug-likeness (QED) is 0.641. The number of fused-ring (bicyclic) bond motifs is 5. The van der Waals surface area contributed by atoms with Crippen LogP contribution in [0.3, 0.4) is 0 Å². The Morgan fingerprint density at radius 1 is 1.03 bits per heavy atom. The van der Waals surface area contributed by atoms with E-state index < -0.39 is 6.17 Å². The Labute approximate surface area is 184 Å². The predicted octanol–water partition coefficient (Wildman–Crippen LogP) is 1.68. The van der Waals surface area contributed by atoms with E-state index in [9.17, 15) is 14.4 Å². The summed E-state index contributed by atoms with van der Waals surface area (Å²) in [6.07, 6.45) is 1.72. The summed E-state index contributed by atoms with van der Waals surface area (Å²) in [5, 5.41) is 7.04. The third-order valence-electron chi connectivity index (χ3n) is 5.78. The van der Waals surface area contributed by atoms with Gasteiger partial charge >= 0.3 is 0 Å². The van der Waals surface area contributed by atoms with Crippen LogP contribution >= 0.6 is 0 Å². The largest absolute Gasteiger partial charge is 0.356 e. The SMILES string of the molecule is Cn1cnc(CCNC(=O)CCN2C(=O)c3ccccc3N3C(=O)c4ccccc4[C@H]23)n1. The van der Waals surface area contributed by atoms with Crippen LogP contribution in [0.15, 0.2) is 54.9 Å². The van der Waals surface area contributed by atoms with E-state index in [1.807, 2.05) is 24.3 Å². The van der Waals surface area contributed by atoms with Crippen molar-refractivity contribution < 1.29 is 14.4 Å². The molecule has 9 nitrogen and oxygen atoms in total. The molecule has 3 aromatic rings. The maximum absolute atomic E-state index is 13.3. The van der Waals surface area contributed by atoms with Gasteiger partial charge in [-0.05, 0) is 18.2 Å². The maximum atomic E-state index is 13.3. The number of anilines is 1. The molecule has 0 spiro atoms. The van der Waals surface area contributed by atoms with E-state index in [1.54, 1.807) is 52.1 Å². The average molecular weight is 430 g/mol. The van der Waals surface area contributed by atoms with E-state index in [1.165, 1.54) is 0 Å². The van der Waals surface area contributed by atoms with Gasteiger partial charge in [0.25, 0.3) is 11.8 Å². The first-order valence-corrected chi connectivity index (χ1v) is 10.5. The van der Waals surface area contributed by atoms with Crippen molar-refractivity contribution in [2.24, 2.45) is 7.05 Å². The van der Waals surface area contributed by atoms with E-state index in [4.69, 9.17) is 0 Å². The summed E-state index contributed by atoms with van der Waals surface area (Å²) >= 11 is 0. The number of nitrogens with one attached hydrogen (secondary N) is 1. The Morgan fingerprint density at radius 3 is 2.56 bits per heavy atom. The smallest absolute Gasteiger partial charge is 0.260 e. The molecule has 0 bridgehead atoms. The van der Waals surface area contributed by atoms with Crippen LogP contribution in [0.1, 0.15) is 44.7 Å². The Balaban J connectivity index is 1.33. The lowest BCUT2D eigenvalue weighted by molar-refractivity contribution is -0.121. The second-order valence-corrected chi connectivity index (χ2v) is 7.84. The number of rotatable bonds is 6. The van der Waals surface area contributed by atoms with Crippen LogP contribution in [0.2, 0.25) is 0 Å². The fourth-order valence-electron chi connectivity index (χ4n) is 4.32. The van der Waals surface area contributed by atoms with E-state index in [0.29, 0.717) is 35.6 Å². The Hall–Kier alpha value is -4.01. The summed E-state index contributed by atoms with van der Waals surface area (Å²) in [6, 6.07) is 14.4. The van der Waals surface area contributed by atoms with Crippen LogP contribution < -0.4 is 10.2 Å². The van der Waals surface area contributed by atoms with E-state index in [2.05, 4.69) is 15.4 Å². The van der Waals surface area contributed by atoms with Crippen molar-refractivity contribution in [1.29, 1.82) is 0 Å². The zero-order valence-electron chi connectivity index (χ0n) is 17.6. The fourth-order valence-corrected chi connectivity index (χ4v) is 4.32. The van der Waals surface area contributed by atoms with Gasteiger partial charge in [-0.2, -0.15) is 5.10 Å². The van der Waals surface area contributed by atoms with E-state index in [0.717, 1.165) is 5.56 Å². The summed E-state index contributed by atoms with van der Waals surface area (Å²) in [5.41, 5.74) is 2.43. The van der Waals surface area contributed by atoms with Gasteiger partial charge in [0.15, 0.2) is 5.82 Å². The van der Waals surface area contributed by atoms with Gasteiger partial charge in [-0.1, -0.05) is 30.3 Å². The third-order valence-corrected chi connectivity index (χ3v) is 5.78. The minimum absolute atomic E-state index is 0.129. The standard InChI is InChI=1S/C23H22N6O3/c1-27-14-25-19(26-27)10-12-24-20(30)11-13-28-21-15-6-2-3-7-16(15)23(32)29(21)18-9-5-4-8-17(18)22(28)31/h2-9,14,21H,10-13H2,1H3,(H,24,30)/t21-/m1/s1. The lowest BCUT2D eigenvalue weighted by Crippen LogP contribution is -2.49. The Bertz CT molecular complexity index is 1220. The predicted molar refractivity (Wildman–Crippen MR) is 116 cm³/mol. The summed E-state index contributed by atoms with van der Waals surface area (Å²) in [7, 11) is 1.79. The molecule has 0 saturated carbocycles. The summed E-state index contributed by atoms with van der Waals surface area (Å²) in [4.78, 5) is 46.4. The summed E-state index contributed by atoms with van der Waals surface area (Å²) in [6.45, 7) is 0.611. The number of aryl methyl sites for hydroxylation is 1. The molecule has 1 N–H and O–H groups in total. The number of aromatic nitrogens is 3. The first-order chi connectivity index (χ1) is 15.5. The van der Waals surface area contributed by atoms with E-state index >= 15 is 0 Å². The van der Waals surface area contributed by atoms with Crippen molar-refractivity contribution in [2.75, 3.05) is 18.0 Å². The molecule has 0 fully saturated rings. The van der Waals surface area contributed by atoms with E-state index in [-0.39, 0.29) is 30.7 Å². The van der Waals surface area contributed by atoms with Crippen molar-refractivity contribution in [3.63, 3.8) is 0 Å². The van der Waals surface area contributed by atoms with Crippen LogP contribution in [0.5, 0.6) is 0 Å². The maximum Gasteiger partial charge on any atom is 0.260 e. The van der Waals surface area contributed by atoms with Crippen LogP contribution in [0.25, 0.3) is 0 Å². The van der Waals surface area contributed by atoms with Crippen LogP contribution in [-0.4, -0.2) is 50.5 Å². The van der Waals surface area contributed by atoms with Crippen molar-refractivity contribution >= 4 is 23.4 Å². The first-order valence-electron chi connectivity index (χ1n) is 10.5. The Morgan fingerprint density at radius 2 is 1.78 bits per heavy atom. The lowest BCUT2D eigenvalue weighted by Gasteiger charge is -2.40. The molecule has 3 amide bonds. The monoisotopic (exact) mass is 430 g/mol. The lowest BCUT2D eigenvalue weighted by atomic mass is 10.0. The molecule has 3 heterocycles. The number of hydrogen-bond acceptors (Lipinski definition) is 5. The molecule has 2 aliphatic rings. The van der Waals surface area contributed by atoms with Gasteiger partial charge in [-0.3, -0.25) is 24.0 Å². The molecular formula is C23H22N6O3. The number of carbonyl (C=O) groups is 3. The minimum atomic E-state index is -0.549. The third kappa shape index (κ3) is 3.31. The first kappa shape index (κ1) is 19.9. The zero-order chi connectivity index (χ0) is 22.2. The average Bonchev–Trinajstić information content (AvgIpc) is 3.35. The number of carbonyl (C=O) groups excluding carboxylic acids is 3. The topological polar surface area (TPSA) is 100 Å². The molecule has 2 aromatic carbocycles. The number of benzene rings is 2. The highest BCUT2D eigenvalue weighted by molar-refractivity contribution is 6.16. The molecule has 5 rings (SSSR count). The van der Waals surface area contributed by atoms with Crippen LogP contribution in [0, 0.1) is 0 Å². The molecule has 2 aliphatic heterocycles. The van der Waals surface area contributed by atoms with Crippen LogP contribution in [0.4, 0.5) is 5.69 Å². The Kier molecular flexibility index (Phi) is 4.93.